The van der Waals surface area contributed by atoms with Crippen LogP contribution in [0.1, 0.15) is 12.8 Å². The standard InChI is InChI=1S/C12H19N5O/c1-15-9-3-2-6-16-10(9)17-7-4-12(14,5-8-17)11(13)18/h2-3,6,15H,4-5,7-8,14H2,1H3,(H2,13,18). The predicted molar refractivity (Wildman–Crippen MR) is 71.3 cm³/mol. The van der Waals surface area contributed by atoms with Gasteiger partial charge in [-0.2, -0.15) is 0 Å². The zero-order valence-electron chi connectivity index (χ0n) is 10.5. The van der Waals surface area contributed by atoms with Crippen molar-refractivity contribution in [3.8, 4) is 0 Å². The molecule has 1 amide bonds. The van der Waals surface area contributed by atoms with Gasteiger partial charge in [-0.1, -0.05) is 0 Å². The predicted octanol–water partition coefficient (Wildman–Crippen LogP) is -0.0937. The molecule has 1 saturated heterocycles. The number of rotatable bonds is 3. The van der Waals surface area contributed by atoms with Crippen LogP contribution < -0.4 is 21.7 Å². The Balaban J connectivity index is 2.12. The average Bonchev–Trinajstić information content (AvgIpc) is 2.39. The molecule has 0 spiro atoms. The summed E-state index contributed by atoms with van der Waals surface area (Å²) in [5.74, 6) is 0.475. The molecule has 18 heavy (non-hydrogen) atoms. The number of hydrogen-bond acceptors (Lipinski definition) is 5. The molecule has 0 radical (unpaired) electrons. The molecule has 2 rings (SSSR count). The van der Waals surface area contributed by atoms with Crippen LogP contribution >= 0.6 is 0 Å². The van der Waals surface area contributed by atoms with Crippen LogP contribution in [0.25, 0.3) is 0 Å². The minimum absolute atomic E-state index is 0.419. The van der Waals surface area contributed by atoms with Gasteiger partial charge in [0, 0.05) is 26.3 Å². The van der Waals surface area contributed by atoms with Crippen LogP contribution in [-0.2, 0) is 4.79 Å². The fraction of sp³-hybridized carbons (Fsp3) is 0.500. The first-order chi connectivity index (χ1) is 8.57. The molecule has 98 valence electrons. The third-order valence-electron chi connectivity index (χ3n) is 3.50. The van der Waals surface area contributed by atoms with Crippen molar-refractivity contribution in [2.75, 3.05) is 30.4 Å². The molecule has 1 aliphatic heterocycles. The van der Waals surface area contributed by atoms with E-state index >= 15 is 0 Å². The molecule has 5 N–H and O–H groups in total. The molecule has 0 aliphatic carbocycles. The number of hydrogen-bond donors (Lipinski definition) is 3. The Labute approximate surface area is 106 Å². The fourth-order valence-electron chi connectivity index (χ4n) is 2.21. The average molecular weight is 249 g/mol. The number of carbonyl (C=O) groups is 1. The van der Waals surface area contributed by atoms with Crippen molar-refractivity contribution in [3.05, 3.63) is 18.3 Å². The number of anilines is 2. The number of pyridine rings is 1. The first-order valence-corrected chi connectivity index (χ1v) is 6.03. The monoisotopic (exact) mass is 249 g/mol. The van der Waals surface area contributed by atoms with E-state index in [-0.39, 0.29) is 0 Å². The van der Waals surface area contributed by atoms with E-state index in [2.05, 4.69) is 15.2 Å². The molecule has 0 aromatic carbocycles. The lowest BCUT2D eigenvalue weighted by molar-refractivity contribution is -0.123. The third kappa shape index (κ3) is 2.24. The highest BCUT2D eigenvalue weighted by Gasteiger charge is 2.36. The molecular formula is C12H19N5O. The minimum Gasteiger partial charge on any atom is -0.385 e. The van der Waals surface area contributed by atoms with Gasteiger partial charge in [0.05, 0.1) is 11.2 Å². The third-order valence-corrected chi connectivity index (χ3v) is 3.50. The Morgan fingerprint density at radius 3 is 2.72 bits per heavy atom. The SMILES string of the molecule is CNc1cccnc1N1CCC(N)(C(N)=O)CC1. The Kier molecular flexibility index (Phi) is 3.38. The number of piperidine rings is 1. The van der Waals surface area contributed by atoms with E-state index in [9.17, 15) is 4.79 Å². The highest BCUT2D eigenvalue weighted by molar-refractivity contribution is 5.84. The molecule has 1 aromatic rings. The molecule has 0 bridgehead atoms. The second-order valence-electron chi connectivity index (χ2n) is 4.63. The van der Waals surface area contributed by atoms with Crippen molar-refractivity contribution in [3.63, 3.8) is 0 Å². The van der Waals surface area contributed by atoms with Gasteiger partial charge in [-0.15, -0.1) is 0 Å². The first kappa shape index (κ1) is 12.6. The lowest BCUT2D eigenvalue weighted by Gasteiger charge is -2.38. The highest BCUT2D eigenvalue weighted by Crippen LogP contribution is 2.27. The molecular weight excluding hydrogens is 230 g/mol. The van der Waals surface area contributed by atoms with E-state index in [1.807, 2.05) is 19.2 Å². The summed E-state index contributed by atoms with van der Waals surface area (Å²) < 4.78 is 0. The number of nitrogens with zero attached hydrogens (tertiary/aromatic N) is 2. The first-order valence-electron chi connectivity index (χ1n) is 6.03. The van der Waals surface area contributed by atoms with Crippen LogP contribution in [0.2, 0.25) is 0 Å². The Bertz CT molecular complexity index is 440. The normalized spacial score (nSPS) is 18.4. The number of amides is 1. The maximum absolute atomic E-state index is 11.3. The van der Waals surface area contributed by atoms with Gasteiger partial charge in [-0.25, -0.2) is 4.98 Å². The summed E-state index contributed by atoms with van der Waals surface area (Å²) in [4.78, 5) is 17.8. The van der Waals surface area contributed by atoms with Gasteiger partial charge in [-0.3, -0.25) is 4.79 Å². The molecule has 6 nitrogen and oxygen atoms in total. The number of nitrogens with one attached hydrogen (secondary N) is 1. The second-order valence-corrected chi connectivity index (χ2v) is 4.63. The second kappa shape index (κ2) is 4.81. The van der Waals surface area contributed by atoms with E-state index in [1.165, 1.54) is 0 Å². The number of carbonyl (C=O) groups excluding carboxylic acids is 1. The van der Waals surface area contributed by atoms with E-state index in [0.29, 0.717) is 25.9 Å². The fourth-order valence-corrected chi connectivity index (χ4v) is 2.21. The molecule has 0 atom stereocenters. The van der Waals surface area contributed by atoms with Crippen LogP contribution in [0.15, 0.2) is 18.3 Å². The summed E-state index contributed by atoms with van der Waals surface area (Å²) in [6.45, 7) is 1.37. The van der Waals surface area contributed by atoms with Gasteiger partial charge in [0.2, 0.25) is 5.91 Å². The van der Waals surface area contributed by atoms with Crippen molar-refractivity contribution in [1.29, 1.82) is 0 Å². The molecule has 1 fully saturated rings. The van der Waals surface area contributed by atoms with Gasteiger partial charge in [0.15, 0.2) is 5.82 Å². The van der Waals surface area contributed by atoms with Crippen molar-refractivity contribution < 1.29 is 4.79 Å². The number of nitrogens with two attached hydrogens (primary N) is 2. The molecule has 6 heteroatoms. The highest BCUT2D eigenvalue weighted by atomic mass is 16.1. The Morgan fingerprint density at radius 1 is 1.50 bits per heavy atom. The topological polar surface area (TPSA) is 97.3 Å². The Morgan fingerprint density at radius 2 is 2.17 bits per heavy atom. The largest absolute Gasteiger partial charge is 0.385 e. The molecule has 1 aliphatic rings. The lowest BCUT2D eigenvalue weighted by atomic mass is 9.88. The number of primary amides is 1. The molecule has 2 heterocycles. The smallest absolute Gasteiger partial charge is 0.237 e. The summed E-state index contributed by atoms with van der Waals surface area (Å²) in [6.07, 6.45) is 2.87. The van der Waals surface area contributed by atoms with Gasteiger partial charge >= 0.3 is 0 Å². The summed E-state index contributed by atoms with van der Waals surface area (Å²) in [6, 6.07) is 3.86. The van der Waals surface area contributed by atoms with Crippen molar-refractivity contribution in [2.45, 2.75) is 18.4 Å². The maximum Gasteiger partial charge on any atom is 0.237 e. The van der Waals surface area contributed by atoms with E-state index < -0.39 is 11.4 Å². The molecule has 0 unspecified atom stereocenters. The van der Waals surface area contributed by atoms with Gasteiger partial charge in [-0.05, 0) is 25.0 Å². The summed E-state index contributed by atoms with van der Waals surface area (Å²) in [5.41, 5.74) is 11.4. The van der Waals surface area contributed by atoms with E-state index in [0.717, 1.165) is 11.5 Å². The lowest BCUT2D eigenvalue weighted by Crippen LogP contribution is -2.58. The summed E-state index contributed by atoms with van der Waals surface area (Å²) >= 11 is 0. The van der Waals surface area contributed by atoms with Gasteiger partial charge in [0.25, 0.3) is 0 Å². The van der Waals surface area contributed by atoms with Crippen LogP contribution in [0.3, 0.4) is 0 Å². The molecule has 1 aromatic heterocycles. The number of aromatic nitrogens is 1. The van der Waals surface area contributed by atoms with Gasteiger partial charge < -0.3 is 21.7 Å². The van der Waals surface area contributed by atoms with E-state index in [4.69, 9.17) is 11.5 Å². The minimum atomic E-state index is -0.870. The van der Waals surface area contributed by atoms with Crippen LogP contribution in [0.5, 0.6) is 0 Å². The summed E-state index contributed by atoms with van der Waals surface area (Å²) in [5, 5.41) is 3.11. The van der Waals surface area contributed by atoms with Crippen molar-refractivity contribution >= 4 is 17.4 Å². The quantitative estimate of drug-likeness (QED) is 0.695. The molecule has 0 saturated carbocycles. The van der Waals surface area contributed by atoms with Gasteiger partial charge in [0.1, 0.15) is 0 Å². The van der Waals surface area contributed by atoms with Crippen LogP contribution in [0, 0.1) is 0 Å². The zero-order valence-corrected chi connectivity index (χ0v) is 10.5. The van der Waals surface area contributed by atoms with E-state index in [1.54, 1.807) is 6.20 Å². The van der Waals surface area contributed by atoms with Crippen molar-refractivity contribution in [2.24, 2.45) is 11.5 Å². The van der Waals surface area contributed by atoms with Crippen LogP contribution in [-0.4, -0.2) is 36.6 Å². The van der Waals surface area contributed by atoms with Crippen molar-refractivity contribution in [1.82, 2.24) is 4.98 Å². The zero-order chi connectivity index (χ0) is 13.2. The Hall–Kier alpha value is -1.82. The maximum atomic E-state index is 11.3. The van der Waals surface area contributed by atoms with Crippen LogP contribution in [0.4, 0.5) is 11.5 Å². The summed E-state index contributed by atoms with van der Waals surface area (Å²) in [7, 11) is 1.86.